The predicted octanol–water partition coefficient (Wildman–Crippen LogP) is 3.95. The molecule has 0 aliphatic rings. The minimum atomic E-state index is -0.596. The topological polar surface area (TPSA) is 64.6 Å². The number of ether oxygens (including phenoxy) is 2. The van der Waals surface area contributed by atoms with Gasteiger partial charge in [0.1, 0.15) is 11.3 Å². The second kappa shape index (κ2) is 8.49. The van der Waals surface area contributed by atoms with Crippen molar-refractivity contribution in [3.63, 3.8) is 0 Å². The standard InChI is InChI=1S/C18H18BrNO4/c1-3-23-16-7-5-4-6-14(16)18(22)24-11-17(21)20-13-8-9-15(19)12(2)10-13/h4-10H,3,11H2,1-2H3,(H,20,21). The highest BCUT2D eigenvalue weighted by molar-refractivity contribution is 9.10. The normalized spacial score (nSPS) is 10.1. The first-order valence-electron chi connectivity index (χ1n) is 7.46. The van der Waals surface area contributed by atoms with Crippen LogP contribution in [0.3, 0.4) is 0 Å². The third kappa shape index (κ3) is 4.83. The lowest BCUT2D eigenvalue weighted by atomic mass is 10.2. The molecule has 0 aliphatic carbocycles. The van der Waals surface area contributed by atoms with Crippen LogP contribution in [-0.4, -0.2) is 25.1 Å². The zero-order valence-corrected chi connectivity index (χ0v) is 15.1. The van der Waals surface area contributed by atoms with Gasteiger partial charge in [-0.15, -0.1) is 0 Å². The summed E-state index contributed by atoms with van der Waals surface area (Å²) in [7, 11) is 0. The van der Waals surface area contributed by atoms with Crippen molar-refractivity contribution in [1.82, 2.24) is 0 Å². The van der Waals surface area contributed by atoms with Crippen LogP contribution < -0.4 is 10.1 Å². The molecule has 1 N–H and O–H groups in total. The lowest BCUT2D eigenvalue weighted by Crippen LogP contribution is -2.21. The summed E-state index contributed by atoms with van der Waals surface area (Å²) in [5, 5.41) is 2.69. The number of para-hydroxylation sites is 1. The number of aryl methyl sites for hydroxylation is 1. The minimum Gasteiger partial charge on any atom is -0.493 e. The molecular formula is C18H18BrNO4. The molecule has 2 rings (SSSR count). The van der Waals surface area contributed by atoms with Crippen molar-refractivity contribution in [2.24, 2.45) is 0 Å². The van der Waals surface area contributed by atoms with Crippen LogP contribution in [0.4, 0.5) is 5.69 Å². The molecule has 0 heterocycles. The van der Waals surface area contributed by atoms with Crippen molar-refractivity contribution in [3.05, 3.63) is 58.1 Å². The van der Waals surface area contributed by atoms with E-state index in [-0.39, 0.29) is 6.61 Å². The molecule has 0 aliphatic heterocycles. The third-order valence-electron chi connectivity index (χ3n) is 3.18. The third-order valence-corrected chi connectivity index (χ3v) is 4.07. The molecule has 0 radical (unpaired) electrons. The Bertz CT molecular complexity index is 746. The second-order valence-corrected chi connectivity index (χ2v) is 5.87. The first-order chi connectivity index (χ1) is 11.5. The van der Waals surface area contributed by atoms with Gasteiger partial charge in [0.05, 0.1) is 6.61 Å². The summed E-state index contributed by atoms with van der Waals surface area (Å²) in [6.07, 6.45) is 0. The smallest absolute Gasteiger partial charge is 0.342 e. The van der Waals surface area contributed by atoms with E-state index in [1.807, 2.05) is 26.0 Å². The Kier molecular flexibility index (Phi) is 6.37. The van der Waals surface area contributed by atoms with E-state index >= 15 is 0 Å². The van der Waals surface area contributed by atoms with Crippen molar-refractivity contribution < 1.29 is 19.1 Å². The largest absolute Gasteiger partial charge is 0.493 e. The van der Waals surface area contributed by atoms with Gasteiger partial charge in [-0.1, -0.05) is 28.1 Å². The number of anilines is 1. The van der Waals surface area contributed by atoms with Crippen molar-refractivity contribution in [1.29, 1.82) is 0 Å². The van der Waals surface area contributed by atoms with E-state index in [1.165, 1.54) is 0 Å². The van der Waals surface area contributed by atoms with E-state index in [0.29, 0.717) is 23.6 Å². The van der Waals surface area contributed by atoms with E-state index < -0.39 is 11.9 Å². The van der Waals surface area contributed by atoms with Crippen molar-refractivity contribution in [2.45, 2.75) is 13.8 Å². The first-order valence-corrected chi connectivity index (χ1v) is 8.25. The number of amides is 1. The van der Waals surface area contributed by atoms with Gasteiger partial charge in [-0.3, -0.25) is 4.79 Å². The summed E-state index contributed by atoms with van der Waals surface area (Å²) in [6.45, 7) is 3.82. The monoisotopic (exact) mass is 391 g/mol. The molecule has 0 saturated heterocycles. The van der Waals surface area contributed by atoms with Gasteiger partial charge >= 0.3 is 5.97 Å². The van der Waals surface area contributed by atoms with Gasteiger partial charge in [-0.2, -0.15) is 0 Å². The highest BCUT2D eigenvalue weighted by Gasteiger charge is 2.15. The van der Waals surface area contributed by atoms with Gasteiger partial charge in [-0.25, -0.2) is 4.79 Å². The van der Waals surface area contributed by atoms with Crippen LogP contribution in [-0.2, 0) is 9.53 Å². The predicted molar refractivity (Wildman–Crippen MR) is 95.4 cm³/mol. The Labute approximate surface area is 149 Å². The van der Waals surface area contributed by atoms with Gasteiger partial charge in [-0.05, 0) is 49.7 Å². The number of carbonyl (C=O) groups excluding carboxylic acids is 2. The summed E-state index contributed by atoms with van der Waals surface area (Å²) < 4.78 is 11.4. The Morgan fingerprint density at radius 3 is 2.62 bits per heavy atom. The zero-order valence-electron chi connectivity index (χ0n) is 13.5. The van der Waals surface area contributed by atoms with E-state index in [0.717, 1.165) is 10.0 Å². The SMILES string of the molecule is CCOc1ccccc1C(=O)OCC(=O)Nc1ccc(Br)c(C)c1. The summed E-state index contributed by atoms with van der Waals surface area (Å²) in [4.78, 5) is 24.0. The number of benzene rings is 2. The molecule has 2 aromatic rings. The fourth-order valence-electron chi connectivity index (χ4n) is 2.05. The minimum absolute atomic E-state index is 0.298. The molecule has 0 spiro atoms. The molecule has 0 aromatic heterocycles. The van der Waals surface area contributed by atoms with Crippen LogP contribution in [0.1, 0.15) is 22.8 Å². The second-order valence-electron chi connectivity index (χ2n) is 5.02. The molecule has 24 heavy (non-hydrogen) atoms. The number of hydrogen-bond donors (Lipinski definition) is 1. The van der Waals surface area contributed by atoms with Crippen LogP contribution in [0, 0.1) is 6.92 Å². The molecular weight excluding hydrogens is 374 g/mol. The average Bonchev–Trinajstić information content (AvgIpc) is 2.57. The molecule has 126 valence electrons. The molecule has 6 heteroatoms. The maximum absolute atomic E-state index is 12.1. The van der Waals surface area contributed by atoms with E-state index in [2.05, 4.69) is 21.2 Å². The van der Waals surface area contributed by atoms with Crippen molar-refractivity contribution in [2.75, 3.05) is 18.5 Å². The molecule has 0 fully saturated rings. The lowest BCUT2D eigenvalue weighted by Gasteiger charge is -2.10. The number of halogens is 1. The van der Waals surface area contributed by atoms with E-state index in [9.17, 15) is 9.59 Å². The van der Waals surface area contributed by atoms with Crippen LogP contribution in [0.15, 0.2) is 46.9 Å². The lowest BCUT2D eigenvalue weighted by molar-refractivity contribution is -0.119. The van der Waals surface area contributed by atoms with Crippen LogP contribution >= 0.6 is 15.9 Å². The Morgan fingerprint density at radius 1 is 1.17 bits per heavy atom. The van der Waals surface area contributed by atoms with Crippen LogP contribution in [0.5, 0.6) is 5.75 Å². The van der Waals surface area contributed by atoms with E-state index in [4.69, 9.17) is 9.47 Å². The van der Waals surface area contributed by atoms with E-state index in [1.54, 1.807) is 30.3 Å². The highest BCUT2D eigenvalue weighted by atomic mass is 79.9. The quantitative estimate of drug-likeness (QED) is 0.757. The molecule has 0 bridgehead atoms. The van der Waals surface area contributed by atoms with Crippen LogP contribution in [0.25, 0.3) is 0 Å². The summed E-state index contributed by atoms with van der Waals surface area (Å²) in [5.41, 5.74) is 1.94. The Balaban J connectivity index is 1.94. The van der Waals surface area contributed by atoms with Gasteiger partial charge in [0, 0.05) is 10.2 Å². The molecule has 0 saturated carbocycles. The van der Waals surface area contributed by atoms with Gasteiger partial charge < -0.3 is 14.8 Å². The van der Waals surface area contributed by atoms with Gasteiger partial charge in [0.15, 0.2) is 6.61 Å². The number of esters is 1. The molecule has 0 unspecified atom stereocenters. The number of nitrogens with one attached hydrogen (secondary N) is 1. The maximum atomic E-state index is 12.1. The molecule has 1 amide bonds. The molecule has 5 nitrogen and oxygen atoms in total. The summed E-state index contributed by atoms with van der Waals surface area (Å²) in [5.74, 6) is -0.561. The van der Waals surface area contributed by atoms with Crippen molar-refractivity contribution >= 4 is 33.5 Å². The number of hydrogen-bond acceptors (Lipinski definition) is 4. The Hall–Kier alpha value is -2.34. The highest BCUT2D eigenvalue weighted by Crippen LogP contribution is 2.20. The zero-order chi connectivity index (χ0) is 17.5. The van der Waals surface area contributed by atoms with Gasteiger partial charge in [0.2, 0.25) is 0 Å². The van der Waals surface area contributed by atoms with Gasteiger partial charge in [0.25, 0.3) is 5.91 Å². The first kappa shape index (κ1) is 18.0. The fourth-order valence-corrected chi connectivity index (χ4v) is 2.29. The number of carbonyl (C=O) groups is 2. The van der Waals surface area contributed by atoms with Crippen molar-refractivity contribution in [3.8, 4) is 5.75 Å². The number of rotatable bonds is 6. The summed E-state index contributed by atoms with van der Waals surface area (Å²) in [6, 6.07) is 12.2. The summed E-state index contributed by atoms with van der Waals surface area (Å²) >= 11 is 3.40. The van der Waals surface area contributed by atoms with Crippen LogP contribution in [0.2, 0.25) is 0 Å². The average molecular weight is 392 g/mol. The fraction of sp³-hybridized carbons (Fsp3) is 0.222. The molecule has 0 atom stereocenters. The maximum Gasteiger partial charge on any atom is 0.342 e. The Morgan fingerprint density at radius 2 is 1.92 bits per heavy atom. The molecule has 2 aromatic carbocycles.